The summed E-state index contributed by atoms with van der Waals surface area (Å²) < 4.78 is 25.8. The van der Waals surface area contributed by atoms with Gasteiger partial charge in [-0.05, 0) is 0 Å². The smallest absolute Gasteiger partial charge is 0.311 e. The van der Waals surface area contributed by atoms with Gasteiger partial charge in [-0.2, -0.15) is 8.78 Å². The molecule has 63 valence electrons. The molecule has 0 saturated carbocycles. The molecule has 0 heterocycles. The minimum absolute atomic E-state index is 0.123. The maximum atomic E-state index is 12.9. The van der Waals surface area contributed by atoms with Crippen LogP contribution in [0.4, 0.5) is 8.78 Å². The predicted octanol–water partition coefficient (Wildman–Crippen LogP) is 2.16. The van der Waals surface area contributed by atoms with Gasteiger partial charge in [-0.15, -0.1) is 0 Å². The standard InChI is InChI=1S/C8H6F2NS/c9-8(10,11-6-12)7-4-2-1-3-5-7/h1-5H,(H,11,12). The van der Waals surface area contributed by atoms with Gasteiger partial charge < -0.3 is 5.32 Å². The van der Waals surface area contributed by atoms with E-state index in [-0.39, 0.29) is 5.56 Å². The third kappa shape index (κ3) is 1.98. The first-order valence-electron chi connectivity index (χ1n) is 3.24. The zero-order valence-corrected chi connectivity index (χ0v) is 6.87. The third-order valence-corrected chi connectivity index (χ3v) is 1.45. The highest BCUT2D eigenvalue weighted by molar-refractivity contribution is 7.78. The number of hydrogen-bond acceptors (Lipinski definition) is 1. The molecule has 4 heteroatoms. The van der Waals surface area contributed by atoms with Crippen LogP contribution in [0.1, 0.15) is 5.56 Å². The fraction of sp³-hybridized carbons (Fsp3) is 0.125. The first kappa shape index (κ1) is 9.06. The molecule has 0 unspecified atom stereocenters. The number of rotatable bonds is 3. The summed E-state index contributed by atoms with van der Waals surface area (Å²) in [5.74, 6) is 0. The van der Waals surface area contributed by atoms with Gasteiger partial charge in [0.15, 0.2) is 0 Å². The van der Waals surface area contributed by atoms with Gasteiger partial charge in [0.1, 0.15) is 5.49 Å². The van der Waals surface area contributed by atoms with E-state index >= 15 is 0 Å². The number of nitrogens with one attached hydrogen (secondary N) is 1. The van der Waals surface area contributed by atoms with E-state index in [1.165, 1.54) is 24.3 Å². The Bertz CT molecular complexity index is 261. The SMILES string of the molecule is FC(F)(N[C]=S)c1ccccc1. The van der Waals surface area contributed by atoms with Crippen molar-refractivity contribution in [1.82, 2.24) is 5.32 Å². The van der Waals surface area contributed by atoms with Crippen molar-refractivity contribution in [3.05, 3.63) is 35.9 Å². The van der Waals surface area contributed by atoms with Gasteiger partial charge in [0.25, 0.3) is 0 Å². The zero-order chi connectivity index (χ0) is 9.03. The Balaban J connectivity index is 2.89. The van der Waals surface area contributed by atoms with Crippen LogP contribution in [0.3, 0.4) is 0 Å². The summed E-state index contributed by atoms with van der Waals surface area (Å²) in [6, 6.07) is 4.26. The van der Waals surface area contributed by atoms with Crippen molar-refractivity contribution >= 4 is 17.7 Å². The topological polar surface area (TPSA) is 12.0 Å². The predicted molar refractivity (Wildman–Crippen MR) is 46.1 cm³/mol. The summed E-state index contributed by atoms with van der Waals surface area (Å²) in [4.78, 5) is 0. The second-order valence-corrected chi connectivity index (χ2v) is 2.37. The molecule has 1 aromatic rings. The van der Waals surface area contributed by atoms with Gasteiger partial charge in [-0.1, -0.05) is 42.5 Å². The van der Waals surface area contributed by atoms with Gasteiger partial charge in [-0.25, -0.2) is 0 Å². The Kier molecular flexibility index (Phi) is 2.70. The van der Waals surface area contributed by atoms with Crippen molar-refractivity contribution in [2.24, 2.45) is 0 Å². The van der Waals surface area contributed by atoms with Gasteiger partial charge in [0, 0.05) is 5.56 Å². The normalized spacial score (nSPS) is 10.8. The quantitative estimate of drug-likeness (QED) is 0.441. The lowest BCUT2D eigenvalue weighted by molar-refractivity contribution is -0.0190. The van der Waals surface area contributed by atoms with E-state index in [0.717, 1.165) is 0 Å². The maximum Gasteiger partial charge on any atom is 0.351 e. The summed E-state index contributed by atoms with van der Waals surface area (Å²) in [5.41, 5.74) is 1.67. The first-order chi connectivity index (χ1) is 5.67. The lowest BCUT2D eigenvalue weighted by Crippen LogP contribution is -2.31. The highest BCUT2D eigenvalue weighted by Crippen LogP contribution is 2.23. The number of alkyl halides is 2. The molecule has 1 rings (SSSR count). The van der Waals surface area contributed by atoms with E-state index in [2.05, 4.69) is 12.2 Å². The second-order valence-electron chi connectivity index (χ2n) is 2.17. The largest absolute Gasteiger partial charge is 0.351 e. The Labute approximate surface area is 74.4 Å². The molecule has 1 radical (unpaired) electrons. The van der Waals surface area contributed by atoms with Crippen molar-refractivity contribution in [3.8, 4) is 0 Å². The number of thiocarbonyl (C=S) groups is 1. The molecule has 0 fully saturated rings. The first-order valence-corrected chi connectivity index (χ1v) is 3.65. The van der Waals surface area contributed by atoms with Crippen LogP contribution in [0.15, 0.2) is 30.3 Å². The molecule has 1 aromatic carbocycles. The van der Waals surface area contributed by atoms with Crippen LogP contribution in [0, 0.1) is 0 Å². The fourth-order valence-electron chi connectivity index (χ4n) is 0.784. The average Bonchev–Trinajstić information content (AvgIpc) is 2.06. The van der Waals surface area contributed by atoms with Crippen LogP contribution in [0.5, 0.6) is 0 Å². The van der Waals surface area contributed by atoms with E-state index < -0.39 is 6.05 Å². The lowest BCUT2D eigenvalue weighted by Gasteiger charge is -2.14. The summed E-state index contributed by atoms with van der Waals surface area (Å²) in [5, 5.41) is 1.67. The van der Waals surface area contributed by atoms with Crippen LogP contribution >= 0.6 is 12.2 Å². The Hall–Kier alpha value is -1.03. The molecule has 0 aliphatic carbocycles. The molecule has 0 aromatic heterocycles. The van der Waals surface area contributed by atoms with E-state index in [1.807, 2.05) is 0 Å². The number of halogens is 2. The summed E-state index contributed by atoms with van der Waals surface area (Å²) in [6.45, 7) is 0. The molecule has 0 amide bonds. The lowest BCUT2D eigenvalue weighted by atomic mass is 10.2. The molecule has 12 heavy (non-hydrogen) atoms. The molecule has 0 bridgehead atoms. The van der Waals surface area contributed by atoms with Crippen molar-refractivity contribution in [1.29, 1.82) is 0 Å². The average molecular weight is 186 g/mol. The summed E-state index contributed by atoms with van der Waals surface area (Å²) in [7, 11) is 0. The van der Waals surface area contributed by atoms with E-state index in [0.29, 0.717) is 0 Å². The van der Waals surface area contributed by atoms with Gasteiger partial charge >= 0.3 is 6.05 Å². The zero-order valence-electron chi connectivity index (χ0n) is 6.05. The molecule has 0 aliphatic rings. The van der Waals surface area contributed by atoms with Crippen LogP contribution in [0.25, 0.3) is 0 Å². The van der Waals surface area contributed by atoms with E-state index in [1.54, 1.807) is 16.9 Å². The molecule has 0 saturated heterocycles. The highest BCUT2D eigenvalue weighted by Gasteiger charge is 2.29. The van der Waals surface area contributed by atoms with Gasteiger partial charge in [0.2, 0.25) is 0 Å². The van der Waals surface area contributed by atoms with Crippen LogP contribution in [0.2, 0.25) is 0 Å². The molecule has 0 aliphatic heterocycles. The summed E-state index contributed by atoms with van der Waals surface area (Å²) >= 11 is 4.16. The third-order valence-electron chi connectivity index (χ3n) is 1.34. The molecular formula is C8H6F2NS. The maximum absolute atomic E-state index is 12.9. The van der Waals surface area contributed by atoms with Gasteiger partial charge in [-0.3, -0.25) is 0 Å². The number of hydrogen-bond donors (Lipinski definition) is 1. The van der Waals surface area contributed by atoms with Crippen molar-refractivity contribution in [2.45, 2.75) is 6.05 Å². The molecule has 0 spiro atoms. The second kappa shape index (κ2) is 3.58. The summed E-state index contributed by atoms with van der Waals surface area (Å²) in [6.07, 6.45) is 0. The van der Waals surface area contributed by atoms with E-state index in [9.17, 15) is 8.78 Å². The minimum atomic E-state index is -3.12. The Morgan fingerprint density at radius 2 is 1.83 bits per heavy atom. The van der Waals surface area contributed by atoms with Crippen LogP contribution in [-0.2, 0) is 6.05 Å². The van der Waals surface area contributed by atoms with Crippen molar-refractivity contribution < 1.29 is 8.78 Å². The molecular weight excluding hydrogens is 180 g/mol. The van der Waals surface area contributed by atoms with Crippen LogP contribution < -0.4 is 5.32 Å². The van der Waals surface area contributed by atoms with Crippen molar-refractivity contribution in [2.75, 3.05) is 0 Å². The minimum Gasteiger partial charge on any atom is -0.311 e. The number of benzene rings is 1. The molecule has 1 nitrogen and oxygen atoms in total. The monoisotopic (exact) mass is 186 g/mol. The van der Waals surface area contributed by atoms with Gasteiger partial charge in [0.05, 0.1) is 0 Å². The van der Waals surface area contributed by atoms with Crippen LogP contribution in [-0.4, -0.2) is 5.49 Å². The molecule has 1 N–H and O–H groups in total. The van der Waals surface area contributed by atoms with E-state index in [4.69, 9.17) is 0 Å². The van der Waals surface area contributed by atoms with Crippen molar-refractivity contribution in [3.63, 3.8) is 0 Å². The molecule has 0 atom stereocenters. The fourth-order valence-corrected chi connectivity index (χ4v) is 0.912. The Morgan fingerprint density at radius 3 is 2.33 bits per heavy atom. The highest BCUT2D eigenvalue weighted by atomic mass is 32.1. The Morgan fingerprint density at radius 1 is 1.25 bits per heavy atom.